The summed E-state index contributed by atoms with van der Waals surface area (Å²) >= 11 is 1.72. The van der Waals surface area contributed by atoms with Crippen molar-refractivity contribution in [2.24, 2.45) is 4.99 Å². The molecule has 0 aliphatic heterocycles. The maximum atomic E-state index is 11.6. The molecule has 0 aliphatic carbocycles. The zero-order valence-electron chi connectivity index (χ0n) is 33.6. The highest BCUT2D eigenvalue weighted by Gasteiger charge is 2.25. The highest BCUT2D eigenvalue weighted by atomic mass is 32.1. The van der Waals surface area contributed by atoms with Crippen LogP contribution in [0.15, 0.2) is 108 Å². The fourth-order valence-electron chi connectivity index (χ4n) is 7.13. The van der Waals surface area contributed by atoms with Crippen molar-refractivity contribution in [1.29, 1.82) is 0 Å². The average molecular weight is 729 g/mol. The monoisotopic (exact) mass is 728 g/mol. The van der Waals surface area contributed by atoms with Gasteiger partial charge in [0.2, 0.25) is 0 Å². The van der Waals surface area contributed by atoms with Gasteiger partial charge < -0.3 is 5.11 Å². The SMILES string of the molecule is Cc1ccc(C)c(-c2ccc(-c3cc(C(C)(C)C)cc4sc(-c5ccc6ccccc6c5N=Cc5cc(C(C)(C)C)cc(C(C)(C)C)c5O)nc34)cc2)c1. The molecule has 1 heterocycles. The molecule has 0 fully saturated rings. The van der Waals surface area contributed by atoms with E-state index in [1.54, 1.807) is 11.3 Å². The molecule has 3 nitrogen and oxygen atoms in total. The molecule has 0 amide bonds. The van der Waals surface area contributed by atoms with Gasteiger partial charge in [0.15, 0.2) is 0 Å². The molecule has 0 saturated carbocycles. The standard InChI is InChI=1S/C50H52N2OS/c1-30-16-17-31(2)40(24-30)33-18-20-34(21-19-33)41-26-37(49(6,7)8)28-43-45(41)52-47(54-43)39-23-22-32-14-12-13-15-38(32)44(39)51-29-35-25-36(48(3,4)5)27-42(46(35)53)50(9,10)11/h12-29,53H,1-11H3. The van der Waals surface area contributed by atoms with Crippen LogP contribution in [0.3, 0.4) is 0 Å². The molecule has 0 radical (unpaired) electrons. The number of benzene rings is 6. The average Bonchev–Trinajstić information content (AvgIpc) is 3.54. The van der Waals surface area contributed by atoms with Crippen LogP contribution in [-0.2, 0) is 16.2 Å². The van der Waals surface area contributed by atoms with Crippen molar-refractivity contribution >= 4 is 44.2 Å². The van der Waals surface area contributed by atoms with Crippen LogP contribution in [0, 0.1) is 13.8 Å². The topological polar surface area (TPSA) is 45.5 Å². The number of aryl methyl sites for hydroxylation is 2. The van der Waals surface area contributed by atoms with Crippen LogP contribution in [0.5, 0.6) is 5.75 Å². The van der Waals surface area contributed by atoms with E-state index in [0.717, 1.165) is 59.5 Å². The second-order valence-corrected chi connectivity index (χ2v) is 19.0. The van der Waals surface area contributed by atoms with Crippen LogP contribution < -0.4 is 0 Å². The van der Waals surface area contributed by atoms with E-state index >= 15 is 0 Å². The maximum Gasteiger partial charge on any atom is 0.128 e. The quantitative estimate of drug-likeness (QED) is 0.179. The lowest BCUT2D eigenvalue weighted by Crippen LogP contribution is -2.17. The zero-order valence-corrected chi connectivity index (χ0v) is 34.5. The highest BCUT2D eigenvalue weighted by Crippen LogP contribution is 2.45. The number of thiazole rings is 1. The van der Waals surface area contributed by atoms with Crippen molar-refractivity contribution < 1.29 is 5.11 Å². The fourth-order valence-corrected chi connectivity index (χ4v) is 8.19. The molecule has 0 atom stereocenters. The molecule has 274 valence electrons. The van der Waals surface area contributed by atoms with E-state index in [0.29, 0.717) is 0 Å². The summed E-state index contributed by atoms with van der Waals surface area (Å²) in [5, 5.41) is 14.7. The number of nitrogens with zero attached hydrogens (tertiary/aromatic N) is 2. The number of aliphatic imine (C=N–C) groups is 1. The summed E-state index contributed by atoms with van der Waals surface area (Å²) in [5.74, 6) is 0.281. The van der Waals surface area contributed by atoms with E-state index in [-0.39, 0.29) is 22.0 Å². The predicted octanol–water partition coefficient (Wildman–Crippen LogP) is 14.4. The van der Waals surface area contributed by atoms with Crippen LogP contribution in [0.1, 0.15) is 95.7 Å². The predicted molar refractivity (Wildman–Crippen MR) is 234 cm³/mol. The van der Waals surface area contributed by atoms with Crippen molar-refractivity contribution in [1.82, 2.24) is 4.98 Å². The fraction of sp³-hybridized carbons (Fsp3) is 0.280. The third kappa shape index (κ3) is 7.24. The summed E-state index contributed by atoms with van der Waals surface area (Å²) in [5.41, 5.74) is 13.8. The van der Waals surface area contributed by atoms with Crippen molar-refractivity contribution in [2.45, 2.75) is 92.4 Å². The number of aromatic hydroxyl groups is 1. The third-order valence-electron chi connectivity index (χ3n) is 10.5. The molecule has 7 rings (SSSR count). The highest BCUT2D eigenvalue weighted by molar-refractivity contribution is 7.21. The van der Waals surface area contributed by atoms with Gasteiger partial charge in [0.1, 0.15) is 10.8 Å². The van der Waals surface area contributed by atoms with Gasteiger partial charge in [0.05, 0.1) is 15.9 Å². The van der Waals surface area contributed by atoms with E-state index in [2.05, 4.69) is 179 Å². The van der Waals surface area contributed by atoms with Crippen LogP contribution in [-0.4, -0.2) is 16.3 Å². The smallest absolute Gasteiger partial charge is 0.128 e. The molecule has 6 aromatic carbocycles. The first kappa shape index (κ1) is 37.3. The van der Waals surface area contributed by atoms with Gasteiger partial charge in [-0.15, -0.1) is 11.3 Å². The maximum absolute atomic E-state index is 11.6. The van der Waals surface area contributed by atoms with E-state index < -0.39 is 0 Å². The van der Waals surface area contributed by atoms with Gasteiger partial charge in [0.25, 0.3) is 0 Å². The number of hydrogen-bond acceptors (Lipinski definition) is 4. The first-order chi connectivity index (χ1) is 25.4. The summed E-state index contributed by atoms with van der Waals surface area (Å²) in [4.78, 5) is 10.6. The second-order valence-electron chi connectivity index (χ2n) is 17.9. The lowest BCUT2D eigenvalue weighted by molar-refractivity contribution is 0.444. The molecule has 1 aromatic heterocycles. The second kappa shape index (κ2) is 13.7. The normalized spacial score (nSPS) is 12.7. The molecule has 0 saturated heterocycles. The van der Waals surface area contributed by atoms with Crippen LogP contribution >= 0.6 is 11.3 Å². The molecule has 1 N–H and O–H groups in total. The van der Waals surface area contributed by atoms with Crippen LogP contribution in [0.2, 0.25) is 0 Å². The van der Waals surface area contributed by atoms with Gasteiger partial charge in [-0.2, -0.15) is 0 Å². The molecule has 4 heteroatoms. The van der Waals surface area contributed by atoms with Gasteiger partial charge >= 0.3 is 0 Å². The molecular formula is C50H52N2OS. The summed E-state index contributed by atoms with van der Waals surface area (Å²) in [7, 11) is 0. The lowest BCUT2D eigenvalue weighted by atomic mass is 9.79. The lowest BCUT2D eigenvalue weighted by Gasteiger charge is -2.27. The van der Waals surface area contributed by atoms with Crippen LogP contribution in [0.4, 0.5) is 5.69 Å². The number of phenolic OH excluding ortho intramolecular Hbond substituents is 1. The van der Waals surface area contributed by atoms with E-state index in [1.165, 1.54) is 33.4 Å². The Labute approximate surface area is 325 Å². The summed E-state index contributed by atoms with van der Waals surface area (Å²) in [6.07, 6.45) is 1.85. The number of phenols is 1. The molecular weight excluding hydrogens is 677 g/mol. The molecule has 0 spiro atoms. The van der Waals surface area contributed by atoms with Crippen LogP contribution in [0.25, 0.3) is 53.8 Å². The Morgan fingerprint density at radius 1 is 0.630 bits per heavy atom. The molecule has 0 unspecified atom stereocenters. The molecule has 7 aromatic rings. The molecule has 0 aliphatic rings. The van der Waals surface area contributed by atoms with E-state index in [4.69, 9.17) is 9.98 Å². The zero-order chi connectivity index (χ0) is 38.7. The Morgan fingerprint density at radius 2 is 1.28 bits per heavy atom. The van der Waals surface area contributed by atoms with Gasteiger partial charge in [-0.05, 0) is 93.1 Å². The molecule has 0 bridgehead atoms. The van der Waals surface area contributed by atoms with Crippen molar-refractivity contribution in [2.75, 3.05) is 0 Å². The van der Waals surface area contributed by atoms with Crippen molar-refractivity contribution in [3.05, 3.63) is 137 Å². The minimum atomic E-state index is -0.233. The first-order valence-electron chi connectivity index (χ1n) is 19.0. The van der Waals surface area contributed by atoms with E-state index in [9.17, 15) is 5.11 Å². The minimum Gasteiger partial charge on any atom is -0.507 e. The first-order valence-corrected chi connectivity index (χ1v) is 19.8. The Balaban J connectivity index is 1.40. The summed E-state index contributed by atoms with van der Waals surface area (Å²) < 4.78 is 1.15. The third-order valence-corrected chi connectivity index (χ3v) is 11.6. The summed E-state index contributed by atoms with van der Waals surface area (Å²) in [6, 6.07) is 37.2. The number of hydrogen-bond donors (Lipinski definition) is 1. The Kier molecular flexibility index (Phi) is 9.43. The minimum absolute atomic E-state index is 0.0420. The number of aromatic nitrogens is 1. The largest absolute Gasteiger partial charge is 0.507 e. The van der Waals surface area contributed by atoms with E-state index in [1.807, 2.05) is 6.21 Å². The summed E-state index contributed by atoms with van der Waals surface area (Å²) in [6.45, 7) is 24.2. The van der Waals surface area contributed by atoms with Gasteiger partial charge in [-0.3, -0.25) is 4.99 Å². The Morgan fingerprint density at radius 3 is 1.94 bits per heavy atom. The van der Waals surface area contributed by atoms with Crippen molar-refractivity contribution in [3.63, 3.8) is 0 Å². The van der Waals surface area contributed by atoms with Crippen molar-refractivity contribution in [3.8, 4) is 38.6 Å². The Bertz CT molecular complexity index is 2570. The van der Waals surface area contributed by atoms with Gasteiger partial charge in [-0.1, -0.05) is 147 Å². The number of fused-ring (bicyclic) bond motifs is 2. The number of rotatable bonds is 5. The Hall–Kier alpha value is -5.06. The molecule has 54 heavy (non-hydrogen) atoms. The van der Waals surface area contributed by atoms with Gasteiger partial charge in [0, 0.05) is 33.9 Å². The van der Waals surface area contributed by atoms with Gasteiger partial charge in [-0.25, -0.2) is 4.98 Å².